The molecule has 0 aliphatic heterocycles. The lowest BCUT2D eigenvalue weighted by molar-refractivity contribution is -0.385. The Balaban J connectivity index is 3.28. The molecular formula is C8H7BrN4O3. The monoisotopic (exact) mass is 286 g/mol. The zero-order valence-electron chi connectivity index (χ0n) is 7.95. The van der Waals surface area contributed by atoms with E-state index >= 15 is 0 Å². The van der Waals surface area contributed by atoms with Crippen LogP contribution in [0.25, 0.3) is 10.4 Å². The third-order valence-electron chi connectivity index (χ3n) is 1.93. The van der Waals surface area contributed by atoms with Crippen LogP contribution in [0.5, 0.6) is 0 Å². The summed E-state index contributed by atoms with van der Waals surface area (Å²) in [4.78, 5) is 12.7. The molecule has 0 radical (unpaired) electrons. The van der Waals surface area contributed by atoms with E-state index in [-0.39, 0.29) is 10.2 Å². The van der Waals surface area contributed by atoms with Gasteiger partial charge in [0.25, 0.3) is 5.69 Å². The van der Waals surface area contributed by atoms with Crippen LogP contribution in [0.15, 0.2) is 27.8 Å². The molecule has 0 saturated heterocycles. The predicted molar refractivity (Wildman–Crippen MR) is 59.8 cm³/mol. The molecule has 7 nitrogen and oxygen atoms in total. The minimum Gasteiger partial charge on any atom is -0.396 e. The quantitative estimate of drug-likeness (QED) is 0.302. The fourth-order valence-corrected chi connectivity index (χ4v) is 1.87. The first-order valence-corrected chi connectivity index (χ1v) is 4.99. The second-order valence-electron chi connectivity index (χ2n) is 2.84. The Hall–Kier alpha value is -1.63. The highest BCUT2D eigenvalue weighted by molar-refractivity contribution is 9.10. The van der Waals surface area contributed by atoms with Gasteiger partial charge < -0.3 is 5.11 Å². The maximum absolute atomic E-state index is 10.7. The highest BCUT2D eigenvalue weighted by atomic mass is 79.9. The minimum absolute atomic E-state index is 0.135. The summed E-state index contributed by atoms with van der Waals surface area (Å²) in [6.45, 7) is -0.413. The van der Waals surface area contributed by atoms with Crippen LogP contribution >= 0.6 is 15.9 Å². The molecule has 16 heavy (non-hydrogen) atoms. The average molecular weight is 287 g/mol. The summed E-state index contributed by atoms with van der Waals surface area (Å²) in [5, 5.41) is 23.0. The first-order valence-electron chi connectivity index (χ1n) is 4.19. The molecule has 0 saturated carbocycles. The van der Waals surface area contributed by atoms with Gasteiger partial charge in [-0.15, -0.1) is 0 Å². The van der Waals surface area contributed by atoms with E-state index < -0.39 is 17.6 Å². The van der Waals surface area contributed by atoms with Gasteiger partial charge in [-0.1, -0.05) is 17.2 Å². The van der Waals surface area contributed by atoms with Crippen LogP contribution in [0.4, 0.5) is 5.69 Å². The molecule has 1 aromatic rings. The number of hydrogen-bond donors (Lipinski definition) is 1. The zero-order valence-corrected chi connectivity index (χ0v) is 9.53. The molecule has 0 bridgehead atoms. The Labute approximate surface area is 98.6 Å². The summed E-state index contributed by atoms with van der Waals surface area (Å²) in [6, 6.07) is 3.50. The molecule has 8 heteroatoms. The summed E-state index contributed by atoms with van der Waals surface area (Å²) in [5.74, 6) is 0. The fraction of sp³-hybridized carbons (Fsp3) is 0.250. The van der Waals surface area contributed by atoms with Gasteiger partial charge in [-0.3, -0.25) is 10.1 Å². The topological polar surface area (TPSA) is 112 Å². The van der Waals surface area contributed by atoms with E-state index in [9.17, 15) is 10.1 Å². The number of benzene rings is 1. The number of hydrogen-bond acceptors (Lipinski definition) is 4. The molecule has 1 unspecified atom stereocenters. The summed E-state index contributed by atoms with van der Waals surface area (Å²) >= 11 is 3.06. The van der Waals surface area contributed by atoms with Crippen LogP contribution in [0.1, 0.15) is 11.6 Å². The van der Waals surface area contributed by atoms with Crippen molar-refractivity contribution >= 4 is 21.6 Å². The number of halogens is 1. The first kappa shape index (κ1) is 12.4. The van der Waals surface area contributed by atoms with E-state index in [1.807, 2.05) is 0 Å². The Morgan fingerprint density at radius 2 is 2.38 bits per heavy atom. The van der Waals surface area contributed by atoms with Crippen molar-refractivity contribution in [3.05, 3.63) is 48.8 Å². The van der Waals surface area contributed by atoms with Crippen molar-refractivity contribution in [2.45, 2.75) is 6.04 Å². The van der Waals surface area contributed by atoms with Crippen LogP contribution in [0, 0.1) is 10.1 Å². The van der Waals surface area contributed by atoms with E-state index in [0.29, 0.717) is 5.56 Å². The van der Waals surface area contributed by atoms with Crippen molar-refractivity contribution in [3.8, 4) is 0 Å². The number of aliphatic hydroxyl groups excluding tert-OH is 1. The van der Waals surface area contributed by atoms with E-state index in [0.717, 1.165) is 0 Å². The van der Waals surface area contributed by atoms with Gasteiger partial charge in [0.2, 0.25) is 0 Å². The maximum atomic E-state index is 10.7. The normalized spacial score (nSPS) is 11.6. The van der Waals surface area contributed by atoms with Gasteiger partial charge in [-0.05, 0) is 27.0 Å². The molecule has 1 N–H and O–H groups in total. The molecule has 0 aromatic heterocycles. The van der Waals surface area contributed by atoms with E-state index in [1.54, 1.807) is 6.07 Å². The van der Waals surface area contributed by atoms with Gasteiger partial charge >= 0.3 is 0 Å². The van der Waals surface area contributed by atoms with Crippen molar-refractivity contribution in [1.29, 1.82) is 0 Å². The van der Waals surface area contributed by atoms with Gasteiger partial charge in [0, 0.05) is 11.0 Å². The molecule has 0 spiro atoms. The van der Waals surface area contributed by atoms with E-state index in [1.165, 1.54) is 12.1 Å². The second-order valence-corrected chi connectivity index (χ2v) is 3.63. The maximum Gasteiger partial charge on any atom is 0.283 e. The number of nitro benzene ring substituents is 1. The van der Waals surface area contributed by atoms with Crippen molar-refractivity contribution < 1.29 is 10.0 Å². The van der Waals surface area contributed by atoms with E-state index in [2.05, 4.69) is 26.0 Å². The van der Waals surface area contributed by atoms with Gasteiger partial charge in [0.1, 0.15) is 0 Å². The number of azide groups is 1. The highest BCUT2D eigenvalue weighted by Crippen LogP contribution is 2.33. The zero-order chi connectivity index (χ0) is 12.1. The number of nitro groups is 1. The van der Waals surface area contributed by atoms with Gasteiger partial charge in [0.15, 0.2) is 0 Å². The molecule has 0 amide bonds. The van der Waals surface area contributed by atoms with Crippen LogP contribution in [-0.4, -0.2) is 16.6 Å². The van der Waals surface area contributed by atoms with Crippen molar-refractivity contribution in [1.82, 2.24) is 0 Å². The first-order chi connectivity index (χ1) is 7.61. The molecular weight excluding hydrogens is 280 g/mol. The molecule has 0 heterocycles. The largest absolute Gasteiger partial charge is 0.396 e. The van der Waals surface area contributed by atoms with Crippen LogP contribution in [-0.2, 0) is 0 Å². The Morgan fingerprint density at radius 3 is 2.88 bits per heavy atom. The predicted octanol–water partition coefficient (Wildman–Crippen LogP) is 2.70. The standard InChI is InChI=1S/C8H7BrN4O3/c9-8-5(6(4-14)11-12-10)2-1-3-7(8)13(15)16/h1-3,6,14H,4H2. The summed E-state index contributed by atoms with van der Waals surface area (Å²) < 4.78 is 0.214. The molecule has 1 aromatic carbocycles. The van der Waals surface area contributed by atoms with Crippen molar-refractivity contribution in [2.24, 2.45) is 5.11 Å². The average Bonchev–Trinajstić information content (AvgIpc) is 2.26. The Kier molecular flexibility index (Phi) is 4.24. The molecule has 1 atom stereocenters. The molecule has 0 aliphatic rings. The Morgan fingerprint density at radius 1 is 1.69 bits per heavy atom. The molecule has 1 rings (SSSR count). The lowest BCUT2D eigenvalue weighted by Gasteiger charge is -2.09. The Bertz CT molecular complexity index is 459. The lowest BCUT2D eigenvalue weighted by Crippen LogP contribution is -2.02. The van der Waals surface area contributed by atoms with Gasteiger partial charge in [0.05, 0.1) is 22.0 Å². The SMILES string of the molecule is [N-]=[N+]=NC(CO)c1cccc([N+](=O)[O-])c1Br. The lowest BCUT2D eigenvalue weighted by atomic mass is 10.1. The third kappa shape index (κ3) is 2.48. The molecule has 84 valence electrons. The number of nitrogens with zero attached hydrogens (tertiary/aromatic N) is 4. The van der Waals surface area contributed by atoms with Crippen molar-refractivity contribution in [3.63, 3.8) is 0 Å². The third-order valence-corrected chi connectivity index (χ3v) is 2.79. The summed E-state index contributed by atoms with van der Waals surface area (Å²) in [7, 11) is 0. The smallest absolute Gasteiger partial charge is 0.283 e. The van der Waals surface area contributed by atoms with Gasteiger partial charge in [-0.25, -0.2) is 0 Å². The van der Waals surface area contributed by atoms with E-state index in [4.69, 9.17) is 10.6 Å². The van der Waals surface area contributed by atoms with Gasteiger partial charge in [-0.2, -0.15) is 0 Å². The number of rotatable bonds is 4. The summed E-state index contributed by atoms with van der Waals surface area (Å²) in [5.41, 5.74) is 8.55. The minimum atomic E-state index is -0.834. The second kappa shape index (κ2) is 5.45. The highest BCUT2D eigenvalue weighted by Gasteiger charge is 2.19. The van der Waals surface area contributed by atoms with Crippen LogP contribution < -0.4 is 0 Å². The number of aliphatic hydroxyl groups is 1. The fourth-order valence-electron chi connectivity index (χ4n) is 1.19. The van der Waals surface area contributed by atoms with Crippen molar-refractivity contribution in [2.75, 3.05) is 6.61 Å². The van der Waals surface area contributed by atoms with Crippen LogP contribution in [0.2, 0.25) is 0 Å². The molecule has 0 aliphatic carbocycles. The molecule has 0 fully saturated rings. The van der Waals surface area contributed by atoms with Crippen LogP contribution in [0.3, 0.4) is 0 Å². The summed E-state index contributed by atoms with van der Waals surface area (Å²) in [6.07, 6.45) is 0.